The SMILES string of the molecule is C=C(C)C(=O)OCCOc1ccc(-c2ccc3c(c2-c2ccc(OCCOC(=O)C(=C)C)cc2)Cc2ccccc2-3)cc1. The number of carbonyl (C=O) groups excluding carboxylic acids is 2. The molecule has 218 valence electrons. The molecule has 0 N–H and O–H groups in total. The summed E-state index contributed by atoms with van der Waals surface area (Å²) < 4.78 is 21.8. The first-order valence-corrected chi connectivity index (χ1v) is 14.2. The minimum Gasteiger partial charge on any atom is -0.490 e. The lowest BCUT2D eigenvalue weighted by Crippen LogP contribution is -2.12. The van der Waals surface area contributed by atoms with Crippen molar-refractivity contribution in [1.82, 2.24) is 0 Å². The molecule has 0 amide bonds. The summed E-state index contributed by atoms with van der Waals surface area (Å²) in [7, 11) is 0. The maximum absolute atomic E-state index is 11.6. The Kier molecular flexibility index (Phi) is 9.06. The van der Waals surface area contributed by atoms with E-state index in [1.807, 2.05) is 36.4 Å². The van der Waals surface area contributed by atoms with Crippen molar-refractivity contribution in [3.05, 3.63) is 120 Å². The van der Waals surface area contributed by atoms with Crippen LogP contribution in [0.3, 0.4) is 0 Å². The summed E-state index contributed by atoms with van der Waals surface area (Å²) in [4.78, 5) is 23.2. The van der Waals surface area contributed by atoms with Gasteiger partial charge < -0.3 is 18.9 Å². The molecule has 0 radical (unpaired) electrons. The number of carbonyl (C=O) groups is 2. The van der Waals surface area contributed by atoms with E-state index in [9.17, 15) is 9.59 Å². The van der Waals surface area contributed by atoms with Crippen molar-refractivity contribution < 1.29 is 28.5 Å². The van der Waals surface area contributed by atoms with E-state index in [0.717, 1.165) is 23.1 Å². The van der Waals surface area contributed by atoms with Gasteiger partial charge in [-0.25, -0.2) is 9.59 Å². The first-order valence-electron chi connectivity index (χ1n) is 14.2. The predicted molar refractivity (Wildman–Crippen MR) is 168 cm³/mol. The average molecular weight is 575 g/mol. The van der Waals surface area contributed by atoms with E-state index in [4.69, 9.17) is 18.9 Å². The zero-order valence-corrected chi connectivity index (χ0v) is 24.5. The second-order valence-electron chi connectivity index (χ2n) is 10.4. The highest BCUT2D eigenvalue weighted by Crippen LogP contribution is 2.46. The smallest absolute Gasteiger partial charge is 0.333 e. The molecule has 0 heterocycles. The first kappa shape index (κ1) is 29.4. The zero-order valence-electron chi connectivity index (χ0n) is 24.5. The Morgan fingerprint density at radius 2 is 1.12 bits per heavy atom. The van der Waals surface area contributed by atoms with Gasteiger partial charge in [-0.3, -0.25) is 0 Å². The first-order chi connectivity index (χ1) is 20.8. The van der Waals surface area contributed by atoms with E-state index in [1.165, 1.54) is 27.8 Å². The van der Waals surface area contributed by atoms with E-state index < -0.39 is 11.9 Å². The monoisotopic (exact) mass is 574 g/mol. The number of hydrogen-bond acceptors (Lipinski definition) is 6. The van der Waals surface area contributed by atoms with Crippen molar-refractivity contribution in [1.29, 1.82) is 0 Å². The molecule has 5 rings (SSSR count). The van der Waals surface area contributed by atoms with Crippen LogP contribution in [0.5, 0.6) is 11.5 Å². The standard InChI is InChI=1S/C37H34O6/c1-24(2)36(38)42-21-19-40-29-13-9-26(10-14-29)32-17-18-33-31-8-6-5-7-28(31)23-34(33)35(32)27-11-15-30(16-12-27)41-20-22-43-37(39)25(3)4/h5-18H,1,3,19-23H2,2,4H3. The summed E-state index contributed by atoms with van der Waals surface area (Å²) >= 11 is 0. The lowest BCUT2D eigenvalue weighted by molar-refractivity contribution is -0.140. The Morgan fingerprint density at radius 1 is 0.605 bits per heavy atom. The van der Waals surface area contributed by atoms with Crippen molar-refractivity contribution in [2.75, 3.05) is 26.4 Å². The lowest BCUT2D eigenvalue weighted by Gasteiger charge is -2.17. The molecule has 4 aromatic rings. The lowest BCUT2D eigenvalue weighted by atomic mass is 9.88. The van der Waals surface area contributed by atoms with Crippen LogP contribution in [0.15, 0.2) is 109 Å². The molecule has 0 spiro atoms. The van der Waals surface area contributed by atoms with Crippen LogP contribution < -0.4 is 9.47 Å². The number of rotatable bonds is 12. The third kappa shape index (κ3) is 6.87. The summed E-state index contributed by atoms with van der Waals surface area (Å²) in [5, 5.41) is 0. The molecule has 4 aromatic carbocycles. The van der Waals surface area contributed by atoms with Gasteiger partial charge in [-0.15, -0.1) is 0 Å². The van der Waals surface area contributed by atoms with Crippen LogP contribution in [-0.4, -0.2) is 38.4 Å². The number of hydrogen-bond donors (Lipinski definition) is 0. The molecule has 0 bridgehead atoms. The highest BCUT2D eigenvalue weighted by molar-refractivity contribution is 5.94. The van der Waals surface area contributed by atoms with Crippen molar-refractivity contribution in [3.8, 4) is 44.9 Å². The third-order valence-electron chi connectivity index (χ3n) is 7.16. The van der Waals surface area contributed by atoms with Gasteiger partial charge in [-0.1, -0.05) is 73.8 Å². The molecule has 0 saturated carbocycles. The number of benzene rings is 4. The van der Waals surface area contributed by atoms with Crippen molar-refractivity contribution in [2.24, 2.45) is 0 Å². The molecule has 43 heavy (non-hydrogen) atoms. The fourth-order valence-corrected chi connectivity index (χ4v) is 5.06. The van der Waals surface area contributed by atoms with E-state index >= 15 is 0 Å². The molecular weight excluding hydrogens is 540 g/mol. The van der Waals surface area contributed by atoms with Gasteiger partial charge in [0.25, 0.3) is 0 Å². The summed E-state index contributed by atoms with van der Waals surface area (Å²) in [5.41, 5.74) is 10.3. The Bertz CT molecular complexity index is 1660. The third-order valence-corrected chi connectivity index (χ3v) is 7.16. The van der Waals surface area contributed by atoms with E-state index in [2.05, 4.69) is 61.7 Å². The second kappa shape index (κ2) is 13.3. The largest absolute Gasteiger partial charge is 0.490 e. The Labute approximate surface area is 252 Å². The number of fused-ring (bicyclic) bond motifs is 3. The molecule has 0 aromatic heterocycles. The molecule has 1 aliphatic rings. The van der Waals surface area contributed by atoms with Gasteiger partial charge in [0.2, 0.25) is 0 Å². The van der Waals surface area contributed by atoms with Crippen molar-refractivity contribution in [3.63, 3.8) is 0 Å². The highest BCUT2D eigenvalue weighted by Gasteiger charge is 2.24. The Hall–Kier alpha value is -5.10. The van der Waals surface area contributed by atoms with Gasteiger partial charge in [0.15, 0.2) is 0 Å². The van der Waals surface area contributed by atoms with Crippen LogP contribution >= 0.6 is 0 Å². The second-order valence-corrected chi connectivity index (χ2v) is 10.4. The molecule has 6 nitrogen and oxygen atoms in total. The van der Waals surface area contributed by atoms with Crippen LogP contribution in [0.25, 0.3) is 33.4 Å². The van der Waals surface area contributed by atoms with Crippen LogP contribution in [0.1, 0.15) is 25.0 Å². The quantitative estimate of drug-likeness (QED) is 0.0869. The van der Waals surface area contributed by atoms with E-state index in [0.29, 0.717) is 22.6 Å². The average Bonchev–Trinajstić information content (AvgIpc) is 3.40. The fourth-order valence-electron chi connectivity index (χ4n) is 5.06. The van der Waals surface area contributed by atoms with Crippen molar-refractivity contribution in [2.45, 2.75) is 20.3 Å². The van der Waals surface area contributed by atoms with E-state index in [-0.39, 0.29) is 26.4 Å². The summed E-state index contributed by atoms with van der Waals surface area (Å²) in [6.45, 7) is 11.2. The molecular formula is C37H34O6. The van der Waals surface area contributed by atoms with Gasteiger partial charge >= 0.3 is 11.9 Å². The van der Waals surface area contributed by atoms with Gasteiger partial charge in [0.05, 0.1) is 0 Å². The summed E-state index contributed by atoms with van der Waals surface area (Å²) in [6.07, 6.45) is 0.852. The number of ether oxygens (including phenoxy) is 4. The number of esters is 2. The molecule has 0 unspecified atom stereocenters. The molecule has 1 aliphatic carbocycles. The zero-order chi connectivity index (χ0) is 30.3. The topological polar surface area (TPSA) is 71.1 Å². The van der Waals surface area contributed by atoms with Gasteiger partial charge in [0.1, 0.15) is 37.9 Å². The van der Waals surface area contributed by atoms with E-state index in [1.54, 1.807) is 13.8 Å². The van der Waals surface area contributed by atoms with Crippen LogP contribution in [0.2, 0.25) is 0 Å². The predicted octanol–water partition coefficient (Wildman–Crippen LogP) is 7.59. The Balaban J connectivity index is 1.37. The minimum absolute atomic E-state index is 0.154. The fraction of sp³-hybridized carbons (Fsp3) is 0.189. The normalized spacial score (nSPS) is 11.2. The van der Waals surface area contributed by atoms with Crippen molar-refractivity contribution >= 4 is 11.9 Å². The minimum atomic E-state index is -0.422. The summed E-state index contributed by atoms with van der Waals surface area (Å²) in [5.74, 6) is 0.548. The van der Waals surface area contributed by atoms with Gasteiger partial charge in [-0.05, 0) is 89.0 Å². The molecule has 0 fully saturated rings. The maximum Gasteiger partial charge on any atom is 0.333 e. The van der Waals surface area contributed by atoms with Crippen LogP contribution in [0, 0.1) is 0 Å². The molecule has 0 saturated heterocycles. The summed E-state index contributed by atoms with van der Waals surface area (Å²) in [6, 6.07) is 28.9. The van der Waals surface area contributed by atoms with Gasteiger partial charge in [0, 0.05) is 11.1 Å². The Morgan fingerprint density at radius 3 is 1.67 bits per heavy atom. The molecule has 0 atom stereocenters. The van der Waals surface area contributed by atoms with Crippen LogP contribution in [-0.2, 0) is 25.5 Å². The molecule has 0 aliphatic heterocycles. The highest BCUT2D eigenvalue weighted by atomic mass is 16.6. The van der Waals surface area contributed by atoms with Crippen LogP contribution in [0.4, 0.5) is 0 Å². The maximum atomic E-state index is 11.6. The molecule has 6 heteroatoms. The van der Waals surface area contributed by atoms with Gasteiger partial charge in [-0.2, -0.15) is 0 Å².